The number of esters is 1. The van der Waals surface area contributed by atoms with E-state index in [1.54, 1.807) is 12.1 Å². The van der Waals surface area contributed by atoms with Crippen LogP contribution in [-0.2, 0) is 9.53 Å². The number of hydrogen-bond acceptors (Lipinski definition) is 7. The lowest BCUT2D eigenvalue weighted by molar-refractivity contribution is -0.136. The number of phenolic OH excluding ortho intramolecular Hbond substituents is 1. The van der Waals surface area contributed by atoms with Crippen LogP contribution in [-0.4, -0.2) is 49.3 Å². The van der Waals surface area contributed by atoms with Crippen LogP contribution in [0.3, 0.4) is 0 Å². The van der Waals surface area contributed by atoms with Crippen LogP contribution >= 0.6 is 0 Å². The molecule has 0 amide bonds. The van der Waals surface area contributed by atoms with Crippen molar-refractivity contribution in [3.05, 3.63) is 65.0 Å². The van der Waals surface area contributed by atoms with Gasteiger partial charge in [0.15, 0.2) is 0 Å². The number of aromatic hydroxyl groups is 1. The number of hydrogen-bond donors (Lipinski definition) is 2. The van der Waals surface area contributed by atoms with Crippen LogP contribution in [0, 0.1) is 0 Å². The summed E-state index contributed by atoms with van der Waals surface area (Å²) in [5, 5.41) is 9.82. The highest BCUT2D eigenvalue weighted by Gasteiger charge is 2.35. The number of fused-ring (bicyclic) bond motifs is 1. The molecule has 1 unspecified atom stereocenters. The Bertz CT molecular complexity index is 964. The third kappa shape index (κ3) is 4.61. The van der Waals surface area contributed by atoms with Crippen LogP contribution in [0.25, 0.3) is 0 Å². The van der Waals surface area contributed by atoms with E-state index in [1.807, 2.05) is 24.3 Å². The summed E-state index contributed by atoms with van der Waals surface area (Å²) in [4.78, 5) is 14.9. The first-order valence-corrected chi connectivity index (χ1v) is 10.6. The topological polar surface area (TPSA) is 94.2 Å². The summed E-state index contributed by atoms with van der Waals surface area (Å²) >= 11 is 0. The zero-order chi connectivity index (χ0) is 21.8. The minimum absolute atomic E-state index is 0.0307. The Balaban J connectivity index is 1.54. The third-order valence-corrected chi connectivity index (χ3v) is 5.83. The maximum Gasteiger partial charge on any atom is 0.340 e. The van der Waals surface area contributed by atoms with Crippen LogP contribution in [0.5, 0.6) is 17.2 Å². The molecule has 164 valence electrons. The molecule has 1 saturated heterocycles. The molecule has 0 saturated carbocycles. The number of rotatable bonds is 6. The van der Waals surface area contributed by atoms with E-state index in [4.69, 9.17) is 19.9 Å². The summed E-state index contributed by atoms with van der Waals surface area (Å²) in [5.74, 6) is 0.190. The fourth-order valence-electron chi connectivity index (χ4n) is 4.23. The Hall–Kier alpha value is -3.19. The third-order valence-electron chi connectivity index (χ3n) is 5.83. The molecule has 2 aromatic rings. The number of likely N-dealkylation sites (tertiary alicyclic amines) is 1. The molecular weight excluding hydrogens is 396 g/mol. The molecule has 0 aromatic heterocycles. The average Bonchev–Trinajstić information content (AvgIpc) is 2.79. The van der Waals surface area contributed by atoms with Crippen LogP contribution in [0.15, 0.2) is 53.9 Å². The Morgan fingerprint density at radius 1 is 1.16 bits per heavy atom. The lowest BCUT2D eigenvalue weighted by Gasteiger charge is -2.28. The van der Waals surface area contributed by atoms with Gasteiger partial charge in [-0.25, -0.2) is 4.79 Å². The van der Waals surface area contributed by atoms with Gasteiger partial charge in [-0.3, -0.25) is 4.90 Å². The van der Waals surface area contributed by atoms with E-state index < -0.39 is 11.9 Å². The van der Waals surface area contributed by atoms with Crippen molar-refractivity contribution in [1.82, 2.24) is 4.90 Å². The zero-order valence-corrected chi connectivity index (χ0v) is 17.7. The molecule has 2 aliphatic heterocycles. The number of carbonyl (C=O) groups excluding carboxylic acids is 1. The van der Waals surface area contributed by atoms with Gasteiger partial charge in [0, 0.05) is 18.2 Å². The average molecular weight is 424 g/mol. The van der Waals surface area contributed by atoms with E-state index in [0.29, 0.717) is 12.4 Å². The van der Waals surface area contributed by atoms with E-state index in [2.05, 4.69) is 4.90 Å². The van der Waals surface area contributed by atoms with Crippen molar-refractivity contribution in [1.29, 1.82) is 0 Å². The van der Waals surface area contributed by atoms with Crippen molar-refractivity contribution in [3.8, 4) is 17.2 Å². The Morgan fingerprint density at radius 3 is 2.61 bits per heavy atom. The van der Waals surface area contributed by atoms with Crippen LogP contribution < -0.4 is 15.2 Å². The highest BCUT2D eigenvalue weighted by molar-refractivity contribution is 5.92. The molecule has 1 atom stereocenters. The van der Waals surface area contributed by atoms with Crippen LogP contribution in [0.4, 0.5) is 0 Å². The van der Waals surface area contributed by atoms with Crippen LogP contribution in [0.2, 0.25) is 0 Å². The standard InChI is InChI=1S/C24H28N2O5/c1-29-24(28)22-21(19-10-7-17(27)15-20(19)31-23(22)25)16-5-8-18(9-6-16)30-14-13-26-11-3-2-4-12-26/h5-10,15,21,27H,2-4,11-14,25H2,1H3. The predicted molar refractivity (Wildman–Crippen MR) is 116 cm³/mol. The van der Waals surface area contributed by atoms with Crippen molar-refractivity contribution >= 4 is 5.97 Å². The van der Waals surface area contributed by atoms with Crippen molar-refractivity contribution in [2.45, 2.75) is 25.2 Å². The number of nitrogens with zero attached hydrogens (tertiary/aromatic N) is 1. The van der Waals surface area contributed by atoms with Crippen molar-refractivity contribution < 1.29 is 24.1 Å². The second-order valence-electron chi connectivity index (χ2n) is 7.85. The van der Waals surface area contributed by atoms with Gasteiger partial charge in [0.05, 0.1) is 13.0 Å². The quantitative estimate of drug-likeness (QED) is 0.688. The molecule has 0 aliphatic carbocycles. The number of piperidine rings is 1. The van der Waals surface area contributed by atoms with Gasteiger partial charge in [-0.2, -0.15) is 0 Å². The molecule has 4 rings (SSSR count). The fraction of sp³-hybridized carbons (Fsp3) is 0.375. The van der Waals surface area contributed by atoms with Gasteiger partial charge < -0.3 is 25.1 Å². The van der Waals surface area contributed by atoms with Crippen molar-refractivity contribution in [2.24, 2.45) is 5.73 Å². The maximum absolute atomic E-state index is 12.5. The first-order valence-electron chi connectivity index (χ1n) is 10.6. The summed E-state index contributed by atoms with van der Waals surface area (Å²) in [6.07, 6.45) is 3.84. The summed E-state index contributed by atoms with van der Waals surface area (Å²) < 4.78 is 16.5. The zero-order valence-electron chi connectivity index (χ0n) is 17.7. The smallest absolute Gasteiger partial charge is 0.340 e. The second kappa shape index (κ2) is 9.31. The van der Waals surface area contributed by atoms with Crippen LogP contribution in [0.1, 0.15) is 36.3 Å². The number of methoxy groups -OCH3 is 1. The molecule has 7 nitrogen and oxygen atoms in total. The van der Waals surface area contributed by atoms with Crippen molar-refractivity contribution in [2.75, 3.05) is 33.4 Å². The maximum atomic E-state index is 12.5. The van der Waals surface area contributed by atoms with E-state index in [9.17, 15) is 9.90 Å². The molecule has 31 heavy (non-hydrogen) atoms. The SMILES string of the molecule is COC(=O)C1=C(N)Oc2cc(O)ccc2C1c1ccc(OCCN2CCCCC2)cc1. The molecule has 2 aliphatic rings. The van der Waals surface area contributed by atoms with E-state index in [-0.39, 0.29) is 17.2 Å². The lowest BCUT2D eigenvalue weighted by Crippen LogP contribution is -2.33. The summed E-state index contributed by atoms with van der Waals surface area (Å²) in [6.45, 7) is 3.85. The van der Waals surface area contributed by atoms with Gasteiger partial charge in [-0.05, 0) is 49.7 Å². The Kier molecular flexibility index (Phi) is 6.32. The monoisotopic (exact) mass is 424 g/mol. The molecule has 0 spiro atoms. The summed E-state index contributed by atoms with van der Waals surface area (Å²) in [6, 6.07) is 12.4. The number of carbonyl (C=O) groups is 1. The summed E-state index contributed by atoms with van der Waals surface area (Å²) in [5.41, 5.74) is 7.87. The van der Waals surface area contributed by atoms with Gasteiger partial charge >= 0.3 is 5.97 Å². The van der Waals surface area contributed by atoms with Gasteiger partial charge in [0.2, 0.25) is 5.88 Å². The first kappa shape index (κ1) is 21.1. The lowest BCUT2D eigenvalue weighted by atomic mass is 9.83. The largest absolute Gasteiger partial charge is 0.508 e. The van der Waals surface area contributed by atoms with E-state index >= 15 is 0 Å². The molecule has 2 heterocycles. The molecule has 3 N–H and O–H groups in total. The normalized spacial score (nSPS) is 18.8. The minimum atomic E-state index is -0.553. The number of phenols is 1. The number of benzene rings is 2. The predicted octanol–water partition coefficient (Wildman–Crippen LogP) is 3.12. The fourth-order valence-corrected chi connectivity index (χ4v) is 4.23. The molecular formula is C24H28N2O5. The second-order valence-corrected chi connectivity index (χ2v) is 7.85. The highest BCUT2D eigenvalue weighted by atomic mass is 16.5. The molecule has 7 heteroatoms. The minimum Gasteiger partial charge on any atom is -0.508 e. The van der Waals surface area contributed by atoms with Gasteiger partial charge in [-0.1, -0.05) is 24.6 Å². The first-order chi connectivity index (χ1) is 15.1. The highest BCUT2D eigenvalue weighted by Crippen LogP contribution is 2.44. The summed E-state index contributed by atoms with van der Waals surface area (Å²) in [7, 11) is 1.31. The molecule has 2 aromatic carbocycles. The van der Waals surface area contributed by atoms with Gasteiger partial charge in [-0.15, -0.1) is 0 Å². The van der Waals surface area contributed by atoms with Gasteiger partial charge in [0.25, 0.3) is 0 Å². The Morgan fingerprint density at radius 2 is 1.90 bits per heavy atom. The van der Waals surface area contributed by atoms with E-state index in [1.165, 1.54) is 32.4 Å². The van der Waals surface area contributed by atoms with E-state index in [0.717, 1.165) is 36.5 Å². The van der Waals surface area contributed by atoms with Gasteiger partial charge in [0.1, 0.15) is 29.4 Å². The molecule has 0 bridgehead atoms. The van der Waals surface area contributed by atoms with Crippen molar-refractivity contribution in [3.63, 3.8) is 0 Å². The number of ether oxygens (including phenoxy) is 3. The Labute approximate surface area is 182 Å². The molecule has 1 fully saturated rings. The molecule has 0 radical (unpaired) electrons. The number of nitrogens with two attached hydrogens (primary N) is 1.